The summed E-state index contributed by atoms with van der Waals surface area (Å²) in [6.07, 6.45) is 0.197. The van der Waals surface area contributed by atoms with E-state index in [1.807, 2.05) is 13.8 Å². The van der Waals surface area contributed by atoms with Crippen LogP contribution in [0.2, 0.25) is 5.02 Å². The quantitative estimate of drug-likeness (QED) is 0.468. The van der Waals surface area contributed by atoms with Gasteiger partial charge in [-0.3, -0.25) is 0 Å². The van der Waals surface area contributed by atoms with E-state index < -0.39 is 36.0 Å². The van der Waals surface area contributed by atoms with Gasteiger partial charge in [0.25, 0.3) is 0 Å². The number of halogens is 2. The lowest BCUT2D eigenvalue weighted by Crippen LogP contribution is -2.48. The van der Waals surface area contributed by atoms with E-state index >= 15 is 4.39 Å². The van der Waals surface area contributed by atoms with Crippen LogP contribution in [0, 0.1) is 17.1 Å². The Labute approximate surface area is 212 Å². The van der Waals surface area contributed by atoms with Gasteiger partial charge in [0.15, 0.2) is 6.29 Å². The standard InChI is InChI=1S/C25H27ClFN5O4/c1-11(2)32-17-6-12(5-15(27)20(17)13(8-28)23(32)25(3,4)34)21-14(26)9-29-24(31-21)30-16-7-19-35-10-18(36-19)22(16)33/h5-6,9,11,16,18-19,22,33-34H,7,10H2,1-4H3,(H,29,30,31)/t16-,18-,19-,22+/m1/s1. The highest BCUT2D eigenvalue weighted by atomic mass is 35.5. The Hall–Kier alpha value is -2.81. The van der Waals surface area contributed by atoms with E-state index in [1.165, 1.54) is 12.3 Å². The number of nitrogens with one attached hydrogen (secondary N) is 1. The zero-order valence-corrected chi connectivity index (χ0v) is 21.0. The van der Waals surface area contributed by atoms with Gasteiger partial charge in [0.1, 0.15) is 29.7 Å². The highest BCUT2D eigenvalue weighted by Gasteiger charge is 2.43. The highest BCUT2D eigenvalue weighted by molar-refractivity contribution is 6.33. The number of hydrogen-bond acceptors (Lipinski definition) is 8. The first-order chi connectivity index (χ1) is 17.0. The summed E-state index contributed by atoms with van der Waals surface area (Å²) >= 11 is 6.44. The molecule has 0 aliphatic carbocycles. The van der Waals surface area contributed by atoms with Crippen LogP contribution in [0.1, 0.15) is 51.4 Å². The minimum atomic E-state index is -1.38. The molecule has 2 aromatic heterocycles. The normalized spacial score (nSPS) is 23.9. The van der Waals surface area contributed by atoms with Crippen LogP contribution in [0.3, 0.4) is 0 Å². The number of aliphatic hydroxyl groups is 2. The van der Waals surface area contributed by atoms with E-state index in [4.69, 9.17) is 21.1 Å². The van der Waals surface area contributed by atoms with Crippen molar-refractivity contribution in [1.82, 2.24) is 14.5 Å². The molecule has 2 bridgehead atoms. The number of hydrogen-bond donors (Lipinski definition) is 3. The van der Waals surface area contributed by atoms with Gasteiger partial charge in [0.2, 0.25) is 5.95 Å². The van der Waals surface area contributed by atoms with Gasteiger partial charge < -0.3 is 29.6 Å². The topological polar surface area (TPSA) is 125 Å². The summed E-state index contributed by atoms with van der Waals surface area (Å²) in [4.78, 5) is 8.76. The molecule has 4 heterocycles. The Morgan fingerprint density at radius 3 is 2.78 bits per heavy atom. The molecule has 3 aromatic rings. The van der Waals surface area contributed by atoms with Crippen molar-refractivity contribution >= 4 is 28.5 Å². The average molecular weight is 516 g/mol. The molecule has 1 aromatic carbocycles. The molecule has 11 heteroatoms. The van der Waals surface area contributed by atoms with Crippen molar-refractivity contribution in [2.75, 3.05) is 11.9 Å². The predicted molar refractivity (Wildman–Crippen MR) is 131 cm³/mol. The van der Waals surface area contributed by atoms with Crippen molar-refractivity contribution in [1.29, 1.82) is 5.26 Å². The Morgan fingerprint density at radius 2 is 2.11 bits per heavy atom. The lowest BCUT2D eigenvalue weighted by molar-refractivity contribution is -0.123. The van der Waals surface area contributed by atoms with Crippen molar-refractivity contribution in [2.45, 2.75) is 70.3 Å². The number of ether oxygens (including phenoxy) is 2. The molecule has 2 fully saturated rings. The van der Waals surface area contributed by atoms with Crippen molar-refractivity contribution in [3.05, 3.63) is 40.4 Å². The van der Waals surface area contributed by atoms with Crippen LogP contribution >= 0.6 is 11.6 Å². The first kappa shape index (κ1) is 24.9. The van der Waals surface area contributed by atoms with Crippen molar-refractivity contribution < 1.29 is 24.1 Å². The van der Waals surface area contributed by atoms with Crippen LogP contribution in [-0.4, -0.2) is 55.9 Å². The van der Waals surface area contributed by atoms with Crippen LogP contribution in [0.15, 0.2) is 18.3 Å². The minimum Gasteiger partial charge on any atom is -0.388 e. The molecule has 3 N–H and O–H groups in total. The number of aromatic nitrogens is 3. The first-order valence-electron chi connectivity index (χ1n) is 11.7. The van der Waals surface area contributed by atoms with Crippen molar-refractivity contribution in [2.24, 2.45) is 0 Å². The monoisotopic (exact) mass is 515 g/mol. The first-order valence-corrected chi connectivity index (χ1v) is 12.1. The summed E-state index contributed by atoms with van der Waals surface area (Å²) in [7, 11) is 0. The number of aliphatic hydroxyl groups excluding tert-OH is 1. The molecular weight excluding hydrogens is 489 g/mol. The summed E-state index contributed by atoms with van der Waals surface area (Å²) in [6.45, 7) is 7.26. The molecule has 9 nitrogen and oxygen atoms in total. The summed E-state index contributed by atoms with van der Waals surface area (Å²) in [5, 5.41) is 34.7. The molecule has 0 spiro atoms. The fraction of sp³-hybridized carbons (Fsp3) is 0.480. The second kappa shape index (κ2) is 8.94. The predicted octanol–water partition coefficient (Wildman–Crippen LogP) is 3.86. The minimum absolute atomic E-state index is 0.0942. The van der Waals surface area contributed by atoms with Gasteiger partial charge >= 0.3 is 0 Å². The summed E-state index contributed by atoms with van der Waals surface area (Å²) in [5.74, 6) is -0.406. The smallest absolute Gasteiger partial charge is 0.223 e. The zero-order chi connectivity index (χ0) is 25.9. The maximum Gasteiger partial charge on any atom is 0.223 e. The van der Waals surface area contributed by atoms with Gasteiger partial charge in [0.05, 0.1) is 51.7 Å². The third-order valence-corrected chi connectivity index (χ3v) is 6.89. The summed E-state index contributed by atoms with van der Waals surface area (Å²) in [5.41, 5.74) is 0.182. The second-order valence-electron chi connectivity index (χ2n) is 10.0. The van der Waals surface area contributed by atoms with E-state index in [1.54, 1.807) is 24.5 Å². The maximum atomic E-state index is 15.6. The molecule has 0 unspecified atom stereocenters. The van der Waals surface area contributed by atoms with Crippen LogP contribution in [0.4, 0.5) is 10.3 Å². The zero-order valence-electron chi connectivity index (χ0n) is 20.3. The largest absolute Gasteiger partial charge is 0.388 e. The van der Waals surface area contributed by atoms with E-state index in [9.17, 15) is 15.5 Å². The van der Waals surface area contributed by atoms with Crippen LogP contribution in [-0.2, 0) is 15.1 Å². The van der Waals surface area contributed by atoms with Gasteiger partial charge in [-0.15, -0.1) is 0 Å². The van der Waals surface area contributed by atoms with Gasteiger partial charge in [0, 0.05) is 18.0 Å². The van der Waals surface area contributed by atoms with Gasteiger partial charge in [-0.25, -0.2) is 14.4 Å². The number of rotatable bonds is 5. The third kappa shape index (κ3) is 4.11. The summed E-state index contributed by atoms with van der Waals surface area (Å²) < 4.78 is 28.4. The number of nitriles is 1. The molecule has 0 saturated carbocycles. The van der Waals surface area contributed by atoms with Gasteiger partial charge in [-0.05, 0) is 39.8 Å². The van der Waals surface area contributed by atoms with Crippen molar-refractivity contribution in [3.63, 3.8) is 0 Å². The van der Waals surface area contributed by atoms with Crippen LogP contribution in [0.25, 0.3) is 22.2 Å². The molecule has 5 rings (SSSR count). The van der Waals surface area contributed by atoms with E-state index in [0.29, 0.717) is 29.8 Å². The molecule has 2 aliphatic heterocycles. The Balaban J connectivity index is 1.61. The van der Waals surface area contributed by atoms with E-state index in [-0.39, 0.29) is 33.7 Å². The molecular formula is C25H27ClFN5O4. The Bertz CT molecular complexity index is 1380. The molecule has 190 valence electrons. The Morgan fingerprint density at radius 1 is 1.36 bits per heavy atom. The Kier molecular flexibility index (Phi) is 6.17. The van der Waals surface area contributed by atoms with Crippen LogP contribution in [0.5, 0.6) is 0 Å². The number of nitrogens with zero attached hydrogens (tertiary/aromatic N) is 4. The molecule has 0 radical (unpaired) electrons. The third-order valence-electron chi connectivity index (χ3n) is 6.61. The fourth-order valence-corrected chi connectivity index (χ4v) is 5.31. The number of benzene rings is 1. The van der Waals surface area contributed by atoms with Gasteiger partial charge in [-0.1, -0.05) is 11.6 Å². The second-order valence-corrected chi connectivity index (χ2v) is 10.4. The van der Waals surface area contributed by atoms with E-state index in [2.05, 4.69) is 21.4 Å². The molecule has 4 atom stereocenters. The highest BCUT2D eigenvalue weighted by Crippen LogP contribution is 2.40. The van der Waals surface area contributed by atoms with Crippen LogP contribution < -0.4 is 5.32 Å². The maximum absolute atomic E-state index is 15.6. The van der Waals surface area contributed by atoms with Gasteiger partial charge in [-0.2, -0.15) is 5.26 Å². The SMILES string of the molecule is CC(C)n1c(C(C)(C)O)c(C#N)c2c(F)cc(-c3nc(N[C@@H]4C[C@@H]5OC[C@@H](O5)[C@H]4O)ncc3Cl)cc21. The lowest BCUT2D eigenvalue weighted by atomic mass is 9.99. The fourth-order valence-electron chi connectivity index (χ4n) is 5.11. The molecule has 2 saturated heterocycles. The molecule has 2 aliphatic rings. The summed E-state index contributed by atoms with van der Waals surface area (Å²) in [6, 6.07) is 4.50. The molecule has 0 amide bonds. The van der Waals surface area contributed by atoms with E-state index in [0.717, 1.165) is 0 Å². The average Bonchev–Trinajstić information content (AvgIpc) is 3.38. The lowest BCUT2D eigenvalue weighted by Gasteiger charge is -2.32. The molecule has 36 heavy (non-hydrogen) atoms. The number of anilines is 1. The number of fused-ring (bicyclic) bond motifs is 3. The van der Waals surface area contributed by atoms with Crippen molar-refractivity contribution in [3.8, 4) is 17.3 Å².